The molecular weight excluding hydrogens is 575 g/mol. The molecule has 1 saturated heterocycles. The number of aliphatic hydroxyl groups excluding tert-OH is 3. The monoisotopic (exact) mass is 587 g/mol. The molecule has 5 N–H and O–H groups in total. The van der Waals surface area contributed by atoms with Crippen LogP contribution in [0.2, 0.25) is 0 Å². The second-order valence-corrected chi connectivity index (χ2v) is 9.68. The number of nitrogens with two attached hydrogens (primary N) is 1. The van der Waals surface area contributed by atoms with Gasteiger partial charge in [-0.15, -0.1) is 0 Å². The molecule has 1 aromatic rings. The number of rotatable bonds is 8. The fourth-order valence-electron chi connectivity index (χ4n) is 2.22. The van der Waals surface area contributed by atoms with Crippen LogP contribution in [0.3, 0.4) is 0 Å². The van der Waals surface area contributed by atoms with Gasteiger partial charge < -0.3 is 54.5 Å². The predicted molar refractivity (Wildman–Crippen MR) is 81.5 cm³/mol. The Morgan fingerprint density at radius 1 is 1.03 bits per heavy atom. The van der Waals surface area contributed by atoms with Gasteiger partial charge in [0.15, 0.2) is 17.8 Å². The molecule has 0 aromatic carbocycles. The van der Waals surface area contributed by atoms with Crippen molar-refractivity contribution in [2.24, 2.45) is 0 Å². The molecule has 2 rings (SSSR count). The van der Waals surface area contributed by atoms with Gasteiger partial charge in [-0.25, -0.2) is 9.11 Å². The van der Waals surface area contributed by atoms with Gasteiger partial charge in [0.25, 0.3) is 7.82 Å². The van der Waals surface area contributed by atoms with Crippen molar-refractivity contribution >= 4 is 29.3 Å². The molecule has 2 heterocycles. The average molecular weight is 587 g/mol. The second kappa shape index (κ2) is 16.1. The Hall–Kier alpha value is 2.77. The molecule has 1 aromatic heterocycles. The van der Waals surface area contributed by atoms with Gasteiger partial charge in [-0.1, -0.05) is 0 Å². The summed E-state index contributed by atoms with van der Waals surface area (Å²) in [6, 6.07) is 0. The Labute approximate surface area is 279 Å². The number of nitrogen functional groups attached to an aromatic ring is 1. The van der Waals surface area contributed by atoms with Crippen molar-refractivity contribution in [2.75, 3.05) is 12.3 Å². The Morgan fingerprint density at radius 2 is 1.56 bits per heavy atom. The minimum Gasteiger partial charge on any atom is -0.790 e. The summed E-state index contributed by atoms with van der Waals surface area (Å²) in [6.07, 6.45) is -6.01. The maximum atomic E-state index is 12.0. The van der Waals surface area contributed by atoms with Crippen molar-refractivity contribution in [2.45, 2.75) is 24.5 Å². The Bertz CT molecular complexity index is 1010. The molecule has 2 unspecified atom stereocenters. The summed E-state index contributed by atoms with van der Waals surface area (Å²) in [5.74, 6) is -1.99. The topological polar surface area (TPSA) is 302 Å². The van der Waals surface area contributed by atoms with Crippen LogP contribution in [-0.2, 0) is 27.1 Å². The van der Waals surface area contributed by atoms with Crippen molar-refractivity contribution in [1.82, 2.24) is 9.55 Å². The van der Waals surface area contributed by atoms with E-state index in [2.05, 4.69) is 18.1 Å². The summed E-state index contributed by atoms with van der Waals surface area (Å²) in [6.45, 7) is -0.763. The van der Waals surface area contributed by atoms with E-state index in [4.69, 9.17) is 15.6 Å². The molecule has 1 aliphatic rings. The number of aromatic nitrogens is 2. The van der Waals surface area contributed by atoms with Crippen LogP contribution in [0.1, 0.15) is 6.23 Å². The maximum Gasteiger partial charge on any atom is 1.00 e. The zero-order chi connectivity index (χ0) is 23.1. The number of phosphoric acid groups is 3. The van der Waals surface area contributed by atoms with E-state index in [1.807, 2.05) is 0 Å². The van der Waals surface area contributed by atoms with E-state index in [1.165, 1.54) is 0 Å². The summed E-state index contributed by atoms with van der Waals surface area (Å²) in [5.41, 5.74) is 4.05. The van der Waals surface area contributed by atoms with Gasteiger partial charge in [0.2, 0.25) is 0 Å². The van der Waals surface area contributed by atoms with E-state index < -0.39 is 71.9 Å². The van der Waals surface area contributed by atoms with E-state index in [1.54, 1.807) is 0 Å². The van der Waals surface area contributed by atoms with Crippen LogP contribution in [0, 0.1) is 0 Å². The molecule has 0 aliphatic carbocycles. The van der Waals surface area contributed by atoms with Crippen molar-refractivity contribution in [1.29, 1.82) is 0 Å². The third-order valence-corrected chi connectivity index (χ3v) is 6.97. The molecule has 0 bridgehead atoms. The van der Waals surface area contributed by atoms with Crippen molar-refractivity contribution in [3.63, 3.8) is 0 Å². The molecule has 1 aliphatic heterocycles. The van der Waals surface area contributed by atoms with Crippen LogP contribution in [-0.4, -0.2) is 49.8 Å². The van der Waals surface area contributed by atoms with Crippen LogP contribution >= 0.6 is 23.5 Å². The second-order valence-electron chi connectivity index (χ2n) is 5.51. The van der Waals surface area contributed by atoms with E-state index in [-0.39, 0.29) is 118 Å². The summed E-state index contributed by atoms with van der Waals surface area (Å²) in [5, 5.41) is 28.7. The third-order valence-electron chi connectivity index (χ3n) is 3.35. The molecular formula is C9H12N3Na4O15P3. The van der Waals surface area contributed by atoms with Gasteiger partial charge in [-0.05, 0) is 0 Å². The zero-order valence-corrected chi connectivity index (χ0v) is 28.8. The molecule has 25 heteroatoms. The predicted octanol–water partition coefficient (Wildman–Crippen LogP) is -17.4. The first-order chi connectivity index (χ1) is 13.6. The Kier molecular flexibility index (Phi) is 19.6. The molecule has 0 saturated carbocycles. The minimum absolute atomic E-state index is 0. The van der Waals surface area contributed by atoms with Crippen molar-refractivity contribution in [3.8, 4) is 5.75 Å². The average Bonchev–Trinajstić information content (AvgIpc) is 2.81. The summed E-state index contributed by atoms with van der Waals surface area (Å²) < 4.78 is 49.2. The summed E-state index contributed by atoms with van der Waals surface area (Å²) in [4.78, 5) is 58.6. The minimum atomic E-state index is -6.25. The van der Waals surface area contributed by atoms with Gasteiger partial charge >= 0.3 is 132 Å². The number of aliphatic hydroxyl groups is 3. The van der Waals surface area contributed by atoms with Crippen LogP contribution in [0.4, 0.5) is 5.82 Å². The molecule has 6 atom stereocenters. The van der Waals surface area contributed by atoms with E-state index in [0.717, 1.165) is 0 Å². The third kappa shape index (κ3) is 11.9. The van der Waals surface area contributed by atoms with Gasteiger partial charge in [0.05, 0.1) is 20.6 Å². The standard InChI is InChI=1S/C9H16N3O15P3.4Na/c10-7-3(25-29(20,21)27-30(22,23)26-28(17,18)19)1-12(9(16)11-7)8-6(15)5(14)4(2-13)24-8;;;;/h1,4-6,8,13-15H,2H2,(H,20,21)(H,22,23)(H2,10,11,16)(H2,17,18,19);;;;/q;4*+1/p-4/t4-,5-,6-,8-;;;;/m1..../s1. The fraction of sp³-hybridized carbons (Fsp3) is 0.556. The summed E-state index contributed by atoms with van der Waals surface area (Å²) in [7, 11) is -18.5. The number of ether oxygens (including phenoxy) is 1. The Morgan fingerprint density at radius 3 is 2.00 bits per heavy atom. The van der Waals surface area contributed by atoms with Crippen LogP contribution in [0.5, 0.6) is 5.75 Å². The van der Waals surface area contributed by atoms with Gasteiger partial charge in [-0.3, -0.25) is 18.0 Å². The molecule has 0 spiro atoms. The van der Waals surface area contributed by atoms with E-state index in [9.17, 15) is 48.3 Å². The Balaban J connectivity index is -0.00000240. The number of hydrogen-bond donors (Lipinski definition) is 4. The number of phosphoric ester groups is 1. The van der Waals surface area contributed by atoms with Crippen LogP contribution in [0.25, 0.3) is 0 Å². The SMILES string of the molecule is Nc1nc(=O)n([C@@H]2O[C@H](CO)[C@@H](O)[C@H]2O)cc1OP(=O)([O-])OP(=O)([O-])OP(=O)([O-])[O-].[Na+].[Na+].[Na+].[Na+]. The largest absolute Gasteiger partial charge is 1.00 e. The van der Waals surface area contributed by atoms with Crippen molar-refractivity contribution in [3.05, 3.63) is 16.7 Å². The molecule has 172 valence electrons. The van der Waals surface area contributed by atoms with E-state index in [0.29, 0.717) is 10.8 Å². The van der Waals surface area contributed by atoms with Gasteiger partial charge in [0.1, 0.15) is 18.3 Å². The number of nitrogens with zero attached hydrogens (tertiary/aromatic N) is 2. The molecule has 0 amide bonds. The quantitative estimate of drug-likeness (QED) is 0.162. The van der Waals surface area contributed by atoms with Gasteiger partial charge in [-0.2, -0.15) is 4.98 Å². The number of anilines is 1. The van der Waals surface area contributed by atoms with Crippen LogP contribution in [0.15, 0.2) is 11.0 Å². The molecule has 1 fully saturated rings. The zero-order valence-electron chi connectivity index (χ0n) is 18.1. The van der Waals surface area contributed by atoms with Crippen molar-refractivity contribution < 1.29 is 185 Å². The molecule has 18 nitrogen and oxygen atoms in total. The normalized spacial score (nSPS) is 25.3. The van der Waals surface area contributed by atoms with E-state index >= 15 is 0 Å². The maximum absolute atomic E-state index is 12.0. The smallest absolute Gasteiger partial charge is 0.790 e. The number of hydrogen-bond acceptors (Lipinski definition) is 17. The molecule has 34 heavy (non-hydrogen) atoms. The van der Waals surface area contributed by atoms with Gasteiger partial charge in [0, 0.05) is 0 Å². The first-order valence-electron chi connectivity index (χ1n) is 7.33. The fourth-order valence-corrected chi connectivity index (χ4v) is 5.09. The first kappa shape index (κ1) is 41.3. The molecule has 0 radical (unpaired) electrons. The first-order valence-corrected chi connectivity index (χ1v) is 11.7. The summed E-state index contributed by atoms with van der Waals surface area (Å²) >= 11 is 0. The van der Waals surface area contributed by atoms with Crippen LogP contribution < -0.4 is 154 Å².